The molecule has 116 valence electrons. The van der Waals surface area contributed by atoms with Crippen LogP contribution in [0.5, 0.6) is 0 Å². The lowest BCUT2D eigenvalue weighted by Crippen LogP contribution is -2.36. The van der Waals surface area contributed by atoms with E-state index < -0.39 is 0 Å². The molecule has 6 heteroatoms. The molecule has 5 nitrogen and oxygen atoms in total. The quantitative estimate of drug-likeness (QED) is 0.812. The highest BCUT2D eigenvalue weighted by Crippen LogP contribution is 2.21. The van der Waals surface area contributed by atoms with Crippen molar-refractivity contribution < 1.29 is 13.9 Å². The molecule has 22 heavy (non-hydrogen) atoms. The van der Waals surface area contributed by atoms with Gasteiger partial charge < -0.3 is 4.74 Å². The van der Waals surface area contributed by atoms with E-state index in [0.717, 1.165) is 25.1 Å². The van der Waals surface area contributed by atoms with Crippen molar-refractivity contribution in [1.29, 1.82) is 0 Å². The molecule has 1 unspecified atom stereocenters. The maximum atomic E-state index is 13.3. The summed E-state index contributed by atoms with van der Waals surface area (Å²) < 4.78 is 19.7. The fourth-order valence-electron chi connectivity index (χ4n) is 2.83. The smallest absolute Gasteiger partial charge is 0.323 e. The van der Waals surface area contributed by atoms with Gasteiger partial charge in [0.2, 0.25) is 0 Å². The third-order valence-corrected chi connectivity index (χ3v) is 3.92. The number of benzene rings is 1. The number of hydrogen-bond donors (Lipinski definition) is 0. The predicted molar refractivity (Wildman–Crippen MR) is 79.0 cm³/mol. The van der Waals surface area contributed by atoms with Crippen molar-refractivity contribution in [3.63, 3.8) is 0 Å². The van der Waals surface area contributed by atoms with E-state index in [2.05, 4.69) is 10.00 Å². The molecule has 0 radical (unpaired) electrons. The first-order chi connectivity index (χ1) is 10.7. The number of nitrogens with zero attached hydrogens (tertiary/aromatic N) is 3. The Morgan fingerprint density at radius 2 is 2.32 bits per heavy atom. The first kappa shape index (κ1) is 14.7. The minimum absolute atomic E-state index is 0.190. The van der Waals surface area contributed by atoms with Crippen LogP contribution in [0.1, 0.15) is 18.5 Å². The Balaban J connectivity index is 1.73. The van der Waals surface area contributed by atoms with Gasteiger partial charge >= 0.3 is 5.97 Å². The third kappa shape index (κ3) is 3.01. The molecule has 0 spiro atoms. The third-order valence-electron chi connectivity index (χ3n) is 3.92. The molecular formula is C16H18FN3O2. The summed E-state index contributed by atoms with van der Waals surface area (Å²) in [6, 6.07) is 7.98. The summed E-state index contributed by atoms with van der Waals surface area (Å²) in [4.78, 5) is 13.8. The zero-order valence-corrected chi connectivity index (χ0v) is 12.4. The Bertz CT molecular complexity index is 671. The Kier molecular flexibility index (Phi) is 4.20. The number of esters is 1. The van der Waals surface area contributed by atoms with Crippen molar-refractivity contribution in [1.82, 2.24) is 14.7 Å². The Labute approximate surface area is 128 Å². The molecule has 1 saturated heterocycles. The SMILES string of the molecule is COC(=O)C1CCCN1Cc1ccn(-c2cccc(F)c2)n1. The van der Waals surface area contributed by atoms with Crippen LogP contribution in [0, 0.1) is 5.82 Å². The molecule has 0 aliphatic carbocycles. The summed E-state index contributed by atoms with van der Waals surface area (Å²) >= 11 is 0. The van der Waals surface area contributed by atoms with Crippen molar-refractivity contribution in [2.24, 2.45) is 0 Å². The van der Waals surface area contributed by atoms with Gasteiger partial charge in [0.15, 0.2) is 0 Å². The largest absolute Gasteiger partial charge is 0.468 e. The van der Waals surface area contributed by atoms with Gasteiger partial charge in [-0.25, -0.2) is 9.07 Å². The number of ether oxygens (including phenoxy) is 1. The standard InChI is InChI=1S/C16H18FN3O2/c1-22-16(21)15-6-3-8-19(15)11-13-7-9-20(18-13)14-5-2-4-12(17)10-14/h2,4-5,7,9-10,15H,3,6,8,11H2,1H3. The van der Waals surface area contributed by atoms with Crippen LogP contribution < -0.4 is 0 Å². The molecule has 1 aliphatic rings. The average Bonchev–Trinajstić information content (AvgIpc) is 3.16. The zero-order valence-electron chi connectivity index (χ0n) is 12.4. The molecule has 0 amide bonds. The Morgan fingerprint density at radius 1 is 1.45 bits per heavy atom. The van der Waals surface area contributed by atoms with Crippen LogP contribution in [0.4, 0.5) is 4.39 Å². The molecule has 1 fully saturated rings. The van der Waals surface area contributed by atoms with Gasteiger partial charge in [0.1, 0.15) is 11.9 Å². The minimum Gasteiger partial charge on any atom is -0.468 e. The van der Waals surface area contributed by atoms with Gasteiger partial charge in [0.05, 0.1) is 18.5 Å². The van der Waals surface area contributed by atoms with E-state index in [1.54, 1.807) is 23.0 Å². The van der Waals surface area contributed by atoms with E-state index >= 15 is 0 Å². The second kappa shape index (κ2) is 6.27. The molecule has 1 atom stereocenters. The second-order valence-electron chi connectivity index (χ2n) is 5.38. The number of methoxy groups -OCH3 is 1. The van der Waals surface area contributed by atoms with Gasteiger partial charge in [-0.05, 0) is 43.7 Å². The van der Waals surface area contributed by atoms with Gasteiger partial charge in [0, 0.05) is 12.7 Å². The number of rotatable bonds is 4. The first-order valence-electron chi connectivity index (χ1n) is 7.30. The lowest BCUT2D eigenvalue weighted by atomic mass is 10.2. The van der Waals surface area contributed by atoms with Crippen LogP contribution in [-0.2, 0) is 16.1 Å². The second-order valence-corrected chi connectivity index (χ2v) is 5.38. The van der Waals surface area contributed by atoms with Crippen molar-refractivity contribution in [2.75, 3.05) is 13.7 Å². The number of aromatic nitrogens is 2. The molecule has 3 rings (SSSR count). The van der Waals surface area contributed by atoms with Crippen LogP contribution >= 0.6 is 0 Å². The molecular weight excluding hydrogens is 285 g/mol. The van der Waals surface area contributed by atoms with Crippen LogP contribution in [0.3, 0.4) is 0 Å². The molecule has 1 aromatic carbocycles. The van der Waals surface area contributed by atoms with Crippen LogP contribution in [0.2, 0.25) is 0 Å². The molecule has 0 bridgehead atoms. The molecule has 0 N–H and O–H groups in total. The maximum Gasteiger partial charge on any atom is 0.323 e. The van der Waals surface area contributed by atoms with Crippen molar-refractivity contribution in [3.8, 4) is 5.69 Å². The van der Waals surface area contributed by atoms with E-state index in [4.69, 9.17) is 4.74 Å². The molecule has 1 aromatic heterocycles. The van der Waals surface area contributed by atoms with Crippen molar-refractivity contribution in [2.45, 2.75) is 25.4 Å². The lowest BCUT2D eigenvalue weighted by molar-refractivity contribution is -0.146. The summed E-state index contributed by atoms with van der Waals surface area (Å²) in [5, 5.41) is 4.46. The number of likely N-dealkylation sites (tertiary alicyclic amines) is 1. The fraction of sp³-hybridized carbons (Fsp3) is 0.375. The van der Waals surface area contributed by atoms with Gasteiger partial charge in [-0.15, -0.1) is 0 Å². The number of carbonyl (C=O) groups is 1. The monoisotopic (exact) mass is 303 g/mol. The van der Waals surface area contributed by atoms with Crippen LogP contribution in [0.15, 0.2) is 36.5 Å². The summed E-state index contributed by atoms with van der Waals surface area (Å²) in [5.74, 6) is -0.484. The van der Waals surface area contributed by atoms with Crippen molar-refractivity contribution >= 4 is 5.97 Å². The highest BCUT2D eigenvalue weighted by Gasteiger charge is 2.31. The van der Waals surface area contributed by atoms with Gasteiger partial charge in [-0.3, -0.25) is 9.69 Å². The van der Waals surface area contributed by atoms with Gasteiger partial charge in [0.25, 0.3) is 0 Å². The lowest BCUT2D eigenvalue weighted by Gasteiger charge is -2.21. The van der Waals surface area contributed by atoms with Gasteiger partial charge in [-0.2, -0.15) is 5.10 Å². The fourth-order valence-corrected chi connectivity index (χ4v) is 2.83. The van der Waals surface area contributed by atoms with Crippen LogP contribution in [-0.4, -0.2) is 40.3 Å². The van der Waals surface area contributed by atoms with E-state index in [1.165, 1.54) is 19.2 Å². The topological polar surface area (TPSA) is 47.4 Å². The molecule has 2 aromatic rings. The summed E-state index contributed by atoms with van der Waals surface area (Å²) in [5.41, 5.74) is 1.53. The van der Waals surface area contributed by atoms with Gasteiger partial charge in [-0.1, -0.05) is 6.07 Å². The number of carbonyl (C=O) groups excluding carboxylic acids is 1. The van der Waals surface area contributed by atoms with E-state index in [1.807, 2.05) is 6.07 Å². The highest BCUT2D eigenvalue weighted by molar-refractivity contribution is 5.75. The Hall–Kier alpha value is -2.21. The Morgan fingerprint density at radius 3 is 3.09 bits per heavy atom. The zero-order chi connectivity index (χ0) is 15.5. The molecule has 0 saturated carbocycles. The first-order valence-corrected chi connectivity index (χ1v) is 7.30. The van der Waals surface area contributed by atoms with E-state index in [9.17, 15) is 9.18 Å². The van der Waals surface area contributed by atoms with E-state index in [-0.39, 0.29) is 17.8 Å². The number of halogens is 1. The average molecular weight is 303 g/mol. The molecule has 1 aliphatic heterocycles. The predicted octanol–water partition coefficient (Wildman–Crippen LogP) is 2.15. The van der Waals surface area contributed by atoms with E-state index in [0.29, 0.717) is 12.2 Å². The molecule has 2 heterocycles. The number of hydrogen-bond acceptors (Lipinski definition) is 4. The highest BCUT2D eigenvalue weighted by atomic mass is 19.1. The minimum atomic E-state index is -0.292. The summed E-state index contributed by atoms with van der Waals surface area (Å²) in [6.45, 7) is 1.44. The summed E-state index contributed by atoms with van der Waals surface area (Å²) in [7, 11) is 1.41. The maximum absolute atomic E-state index is 13.3. The van der Waals surface area contributed by atoms with Crippen molar-refractivity contribution in [3.05, 3.63) is 48.0 Å². The summed E-state index contributed by atoms with van der Waals surface area (Å²) in [6.07, 6.45) is 3.59. The van der Waals surface area contributed by atoms with Crippen LogP contribution in [0.25, 0.3) is 5.69 Å². The normalized spacial score (nSPS) is 18.5.